The SMILES string of the molecule is Cc1ccc2sc(NCC3CCCS3(=O)=O)nc2c1. The molecule has 4 nitrogen and oxygen atoms in total. The summed E-state index contributed by atoms with van der Waals surface area (Å²) < 4.78 is 24.6. The van der Waals surface area contributed by atoms with Gasteiger partial charge in [-0.15, -0.1) is 0 Å². The van der Waals surface area contributed by atoms with Gasteiger partial charge >= 0.3 is 0 Å². The van der Waals surface area contributed by atoms with Gasteiger partial charge in [0.15, 0.2) is 15.0 Å². The summed E-state index contributed by atoms with van der Waals surface area (Å²) in [7, 11) is -2.88. The molecule has 0 amide bonds. The summed E-state index contributed by atoms with van der Waals surface area (Å²) in [4.78, 5) is 4.49. The lowest BCUT2D eigenvalue weighted by molar-refractivity contribution is 0.591. The molecule has 0 bridgehead atoms. The highest BCUT2D eigenvalue weighted by Crippen LogP contribution is 2.27. The average molecular weight is 296 g/mol. The topological polar surface area (TPSA) is 59.1 Å². The second-order valence-corrected chi connectivity index (χ2v) is 8.43. The molecule has 1 saturated heterocycles. The highest BCUT2D eigenvalue weighted by molar-refractivity contribution is 7.92. The molecule has 2 aromatic rings. The van der Waals surface area contributed by atoms with Gasteiger partial charge < -0.3 is 5.32 Å². The minimum Gasteiger partial charge on any atom is -0.360 e. The van der Waals surface area contributed by atoms with Crippen LogP contribution >= 0.6 is 11.3 Å². The Hall–Kier alpha value is -1.14. The van der Waals surface area contributed by atoms with Gasteiger partial charge in [-0.2, -0.15) is 0 Å². The standard InChI is InChI=1S/C13H16N2O2S2/c1-9-4-5-12-11(7-9)15-13(18-12)14-8-10-3-2-6-19(10,16)17/h4-5,7,10H,2-3,6,8H2,1H3,(H,14,15). The third-order valence-electron chi connectivity index (χ3n) is 3.49. The molecule has 1 aliphatic heterocycles. The zero-order valence-electron chi connectivity index (χ0n) is 10.7. The zero-order valence-corrected chi connectivity index (χ0v) is 12.4. The highest BCUT2D eigenvalue weighted by atomic mass is 32.2. The lowest BCUT2D eigenvalue weighted by Crippen LogP contribution is -2.24. The number of sulfone groups is 1. The maximum Gasteiger partial charge on any atom is 0.183 e. The molecule has 19 heavy (non-hydrogen) atoms. The first-order chi connectivity index (χ1) is 9.04. The maximum absolute atomic E-state index is 11.7. The Morgan fingerprint density at radius 2 is 2.32 bits per heavy atom. The fourth-order valence-electron chi connectivity index (χ4n) is 2.40. The Bertz CT molecular complexity index is 707. The molecule has 2 heterocycles. The third kappa shape index (κ3) is 2.60. The van der Waals surface area contributed by atoms with E-state index in [0.29, 0.717) is 12.3 Å². The Labute approximate surface area is 116 Å². The minimum absolute atomic E-state index is 0.249. The van der Waals surface area contributed by atoms with E-state index in [1.54, 1.807) is 11.3 Å². The molecule has 0 aliphatic carbocycles. The van der Waals surface area contributed by atoms with Crippen LogP contribution in [0.1, 0.15) is 18.4 Å². The Morgan fingerprint density at radius 1 is 1.47 bits per heavy atom. The number of hydrogen-bond acceptors (Lipinski definition) is 5. The quantitative estimate of drug-likeness (QED) is 0.946. The molecule has 6 heteroatoms. The van der Waals surface area contributed by atoms with Crippen LogP contribution in [0.5, 0.6) is 0 Å². The van der Waals surface area contributed by atoms with E-state index in [0.717, 1.165) is 28.2 Å². The number of nitrogens with zero attached hydrogens (tertiary/aromatic N) is 1. The Balaban J connectivity index is 1.75. The molecular weight excluding hydrogens is 280 g/mol. The number of benzene rings is 1. The van der Waals surface area contributed by atoms with Gasteiger partial charge in [0.25, 0.3) is 0 Å². The van der Waals surface area contributed by atoms with Gasteiger partial charge in [0.05, 0.1) is 21.2 Å². The summed E-state index contributed by atoms with van der Waals surface area (Å²) in [6.07, 6.45) is 1.55. The molecule has 1 unspecified atom stereocenters. The van der Waals surface area contributed by atoms with E-state index in [-0.39, 0.29) is 5.25 Å². The number of thiazole rings is 1. The van der Waals surface area contributed by atoms with Gasteiger partial charge in [-0.3, -0.25) is 0 Å². The maximum atomic E-state index is 11.7. The molecular formula is C13H16N2O2S2. The second-order valence-electron chi connectivity index (χ2n) is 5.00. The summed E-state index contributed by atoms with van der Waals surface area (Å²) in [6, 6.07) is 6.16. The predicted octanol–water partition coefficient (Wildman–Crippen LogP) is 2.59. The molecule has 0 saturated carbocycles. The molecule has 1 aromatic heterocycles. The molecule has 1 N–H and O–H groups in total. The van der Waals surface area contributed by atoms with Crippen molar-refractivity contribution in [3.8, 4) is 0 Å². The number of hydrogen-bond donors (Lipinski definition) is 1. The molecule has 0 spiro atoms. The smallest absolute Gasteiger partial charge is 0.183 e. The van der Waals surface area contributed by atoms with Gasteiger partial charge in [-0.05, 0) is 37.5 Å². The van der Waals surface area contributed by atoms with Crippen molar-refractivity contribution in [2.45, 2.75) is 25.0 Å². The van der Waals surface area contributed by atoms with Crippen molar-refractivity contribution in [3.63, 3.8) is 0 Å². The second kappa shape index (κ2) is 4.76. The number of aryl methyl sites for hydroxylation is 1. The number of anilines is 1. The van der Waals surface area contributed by atoms with Crippen molar-refractivity contribution in [1.29, 1.82) is 0 Å². The van der Waals surface area contributed by atoms with Crippen LogP contribution in [0, 0.1) is 6.92 Å². The Morgan fingerprint density at radius 3 is 3.05 bits per heavy atom. The van der Waals surface area contributed by atoms with Crippen LogP contribution in [-0.2, 0) is 9.84 Å². The lowest BCUT2D eigenvalue weighted by Gasteiger charge is -2.09. The van der Waals surface area contributed by atoms with Crippen LogP contribution in [0.25, 0.3) is 10.2 Å². The zero-order chi connectivity index (χ0) is 13.5. The first kappa shape index (κ1) is 12.9. The summed E-state index contributed by atoms with van der Waals surface area (Å²) in [6.45, 7) is 2.51. The molecule has 0 radical (unpaired) electrons. The van der Waals surface area contributed by atoms with Crippen LogP contribution in [0.3, 0.4) is 0 Å². The summed E-state index contributed by atoms with van der Waals surface area (Å²) in [5.41, 5.74) is 2.16. The number of rotatable bonds is 3. The van der Waals surface area contributed by atoms with E-state index in [1.165, 1.54) is 5.56 Å². The number of nitrogens with one attached hydrogen (secondary N) is 1. The Kier molecular flexibility index (Phi) is 3.22. The van der Waals surface area contributed by atoms with Crippen LogP contribution in [0.4, 0.5) is 5.13 Å². The molecule has 102 valence electrons. The fraction of sp³-hybridized carbons (Fsp3) is 0.462. The van der Waals surface area contributed by atoms with Crippen molar-refractivity contribution in [2.75, 3.05) is 17.6 Å². The van der Waals surface area contributed by atoms with Crippen molar-refractivity contribution < 1.29 is 8.42 Å². The van der Waals surface area contributed by atoms with E-state index < -0.39 is 9.84 Å². The van der Waals surface area contributed by atoms with E-state index in [2.05, 4.69) is 22.4 Å². The van der Waals surface area contributed by atoms with Crippen LogP contribution < -0.4 is 5.32 Å². The van der Waals surface area contributed by atoms with Crippen molar-refractivity contribution in [1.82, 2.24) is 4.98 Å². The normalized spacial score (nSPS) is 21.8. The molecule has 1 aromatic carbocycles. The van der Waals surface area contributed by atoms with Crippen LogP contribution in [-0.4, -0.2) is 30.9 Å². The summed E-state index contributed by atoms with van der Waals surface area (Å²) in [5, 5.41) is 3.74. The predicted molar refractivity (Wildman–Crippen MR) is 79.7 cm³/mol. The van der Waals surface area contributed by atoms with Gasteiger partial charge in [-0.1, -0.05) is 17.4 Å². The van der Waals surface area contributed by atoms with E-state index in [4.69, 9.17) is 0 Å². The van der Waals surface area contributed by atoms with Crippen molar-refractivity contribution in [2.24, 2.45) is 0 Å². The van der Waals surface area contributed by atoms with Gasteiger partial charge in [0.2, 0.25) is 0 Å². The summed E-state index contributed by atoms with van der Waals surface area (Å²) in [5.74, 6) is 0.332. The first-order valence-electron chi connectivity index (χ1n) is 6.37. The highest BCUT2D eigenvalue weighted by Gasteiger charge is 2.30. The van der Waals surface area contributed by atoms with Gasteiger partial charge in [0.1, 0.15) is 0 Å². The van der Waals surface area contributed by atoms with E-state index in [1.807, 2.05) is 13.0 Å². The van der Waals surface area contributed by atoms with Crippen LogP contribution in [0.2, 0.25) is 0 Å². The summed E-state index contributed by atoms with van der Waals surface area (Å²) >= 11 is 1.57. The third-order valence-corrected chi connectivity index (χ3v) is 6.76. The van der Waals surface area contributed by atoms with Gasteiger partial charge in [0, 0.05) is 6.54 Å². The lowest BCUT2D eigenvalue weighted by atomic mass is 10.2. The van der Waals surface area contributed by atoms with Crippen LogP contribution in [0.15, 0.2) is 18.2 Å². The van der Waals surface area contributed by atoms with Gasteiger partial charge in [-0.25, -0.2) is 13.4 Å². The molecule has 1 fully saturated rings. The number of aromatic nitrogens is 1. The number of fused-ring (bicyclic) bond motifs is 1. The van der Waals surface area contributed by atoms with Crippen molar-refractivity contribution in [3.05, 3.63) is 23.8 Å². The monoisotopic (exact) mass is 296 g/mol. The van der Waals surface area contributed by atoms with E-state index in [9.17, 15) is 8.42 Å². The largest absolute Gasteiger partial charge is 0.360 e. The molecule has 1 atom stereocenters. The van der Waals surface area contributed by atoms with E-state index >= 15 is 0 Å². The molecule has 1 aliphatic rings. The molecule has 3 rings (SSSR count). The average Bonchev–Trinajstić information content (AvgIpc) is 2.88. The fourth-order valence-corrected chi connectivity index (χ4v) is 5.02. The van der Waals surface area contributed by atoms with Crippen molar-refractivity contribution >= 4 is 36.5 Å². The first-order valence-corrected chi connectivity index (χ1v) is 8.90. The minimum atomic E-state index is -2.88.